The SMILES string of the molecule is CC[NH+](Cc1ccc(OC)c(F)c1)[C@@H](C)C(=O)NC. The van der Waals surface area contributed by atoms with Crippen LogP contribution in [-0.2, 0) is 11.3 Å². The fourth-order valence-corrected chi connectivity index (χ4v) is 2.07. The highest BCUT2D eigenvalue weighted by Crippen LogP contribution is 2.17. The Morgan fingerprint density at radius 1 is 1.53 bits per heavy atom. The molecule has 2 atom stereocenters. The fourth-order valence-electron chi connectivity index (χ4n) is 2.07. The smallest absolute Gasteiger partial charge is 0.277 e. The van der Waals surface area contributed by atoms with Crippen molar-refractivity contribution in [3.63, 3.8) is 0 Å². The predicted molar refractivity (Wildman–Crippen MR) is 71.7 cm³/mol. The van der Waals surface area contributed by atoms with Gasteiger partial charge in [0.25, 0.3) is 5.91 Å². The van der Waals surface area contributed by atoms with Crippen molar-refractivity contribution in [1.29, 1.82) is 0 Å². The number of ether oxygens (including phenoxy) is 1. The third-order valence-electron chi connectivity index (χ3n) is 3.35. The van der Waals surface area contributed by atoms with Crippen molar-refractivity contribution >= 4 is 5.91 Å². The van der Waals surface area contributed by atoms with Gasteiger partial charge in [0.2, 0.25) is 0 Å². The van der Waals surface area contributed by atoms with Gasteiger partial charge in [-0.25, -0.2) is 4.39 Å². The van der Waals surface area contributed by atoms with Gasteiger partial charge in [-0.3, -0.25) is 4.79 Å². The third kappa shape index (κ3) is 3.92. The fraction of sp³-hybridized carbons (Fsp3) is 0.500. The number of hydrogen-bond donors (Lipinski definition) is 2. The van der Waals surface area contributed by atoms with Crippen LogP contribution in [0.3, 0.4) is 0 Å². The Balaban J connectivity index is 2.81. The van der Waals surface area contributed by atoms with E-state index in [0.717, 1.165) is 17.0 Å². The Morgan fingerprint density at radius 3 is 2.68 bits per heavy atom. The van der Waals surface area contributed by atoms with Crippen LogP contribution < -0.4 is 15.0 Å². The summed E-state index contributed by atoms with van der Waals surface area (Å²) in [7, 11) is 3.06. The molecule has 19 heavy (non-hydrogen) atoms. The molecule has 0 aliphatic carbocycles. The molecular weight excluding hydrogens is 247 g/mol. The molecule has 0 aliphatic rings. The van der Waals surface area contributed by atoms with Gasteiger partial charge in [-0.2, -0.15) is 0 Å². The van der Waals surface area contributed by atoms with E-state index in [1.165, 1.54) is 13.2 Å². The summed E-state index contributed by atoms with van der Waals surface area (Å²) in [6.45, 7) is 5.28. The van der Waals surface area contributed by atoms with E-state index >= 15 is 0 Å². The van der Waals surface area contributed by atoms with Crippen LogP contribution in [0.1, 0.15) is 19.4 Å². The molecule has 1 unspecified atom stereocenters. The second kappa shape index (κ2) is 7.09. The summed E-state index contributed by atoms with van der Waals surface area (Å²) in [5.74, 6) is -0.143. The molecule has 106 valence electrons. The standard InChI is InChI=1S/C14H21FN2O2/c1-5-17(10(2)14(18)16-3)9-11-6-7-13(19-4)12(15)8-11/h6-8,10H,5,9H2,1-4H3,(H,16,18)/p+1/t10-/m0/s1. The molecule has 0 fully saturated rings. The molecule has 2 N–H and O–H groups in total. The number of carbonyl (C=O) groups excluding carboxylic acids is 1. The van der Waals surface area contributed by atoms with Crippen LogP contribution in [0.15, 0.2) is 18.2 Å². The van der Waals surface area contributed by atoms with Crippen LogP contribution in [0.2, 0.25) is 0 Å². The Morgan fingerprint density at radius 2 is 2.21 bits per heavy atom. The molecule has 0 radical (unpaired) electrons. The number of nitrogens with one attached hydrogen (secondary N) is 2. The summed E-state index contributed by atoms with van der Waals surface area (Å²) in [4.78, 5) is 12.7. The maximum atomic E-state index is 13.6. The summed E-state index contributed by atoms with van der Waals surface area (Å²) < 4.78 is 18.5. The van der Waals surface area contributed by atoms with E-state index in [0.29, 0.717) is 6.54 Å². The lowest BCUT2D eigenvalue weighted by Crippen LogP contribution is -3.15. The van der Waals surface area contributed by atoms with E-state index in [-0.39, 0.29) is 23.5 Å². The van der Waals surface area contributed by atoms with Crippen LogP contribution in [-0.4, -0.2) is 32.7 Å². The van der Waals surface area contributed by atoms with Gasteiger partial charge in [0.15, 0.2) is 17.6 Å². The lowest BCUT2D eigenvalue weighted by molar-refractivity contribution is -0.926. The number of quaternary nitrogens is 1. The van der Waals surface area contributed by atoms with Gasteiger partial charge in [-0.1, -0.05) is 0 Å². The number of rotatable bonds is 6. The van der Waals surface area contributed by atoms with Gasteiger partial charge in [0, 0.05) is 12.6 Å². The third-order valence-corrected chi connectivity index (χ3v) is 3.35. The highest BCUT2D eigenvalue weighted by atomic mass is 19.1. The molecule has 0 spiro atoms. The van der Waals surface area contributed by atoms with Crippen LogP contribution in [0.25, 0.3) is 0 Å². The van der Waals surface area contributed by atoms with E-state index in [4.69, 9.17) is 4.74 Å². The van der Waals surface area contributed by atoms with Crippen molar-refractivity contribution in [2.75, 3.05) is 20.7 Å². The first-order chi connectivity index (χ1) is 9.03. The molecule has 0 heterocycles. The van der Waals surface area contributed by atoms with Crippen molar-refractivity contribution in [2.45, 2.75) is 26.4 Å². The molecule has 0 aromatic heterocycles. The maximum Gasteiger partial charge on any atom is 0.277 e. The largest absolute Gasteiger partial charge is 0.494 e. The van der Waals surface area contributed by atoms with Crippen molar-refractivity contribution in [1.82, 2.24) is 5.32 Å². The quantitative estimate of drug-likeness (QED) is 0.784. The van der Waals surface area contributed by atoms with Crippen molar-refractivity contribution in [3.05, 3.63) is 29.6 Å². The van der Waals surface area contributed by atoms with Gasteiger partial charge >= 0.3 is 0 Å². The van der Waals surface area contributed by atoms with Gasteiger partial charge in [0.05, 0.1) is 13.7 Å². The van der Waals surface area contributed by atoms with Crippen LogP contribution in [0.4, 0.5) is 4.39 Å². The van der Waals surface area contributed by atoms with E-state index < -0.39 is 0 Å². The monoisotopic (exact) mass is 269 g/mol. The molecule has 1 rings (SSSR count). The first-order valence-electron chi connectivity index (χ1n) is 6.42. The Bertz CT molecular complexity index is 437. The lowest BCUT2D eigenvalue weighted by atomic mass is 10.1. The zero-order valence-corrected chi connectivity index (χ0v) is 11.9. The first-order valence-corrected chi connectivity index (χ1v) is 6.42. The number of halogens is 1. The minimum atomic E-state index is -0.372. The van der Waals surface area contributed by atoms with Gasteiger partial charge in [-0.05, 0) is 32.0 Å². The summed E-state index contributed by atoms with van der Waals surface area (Å²) in [6, 6.07) is 4.74. The molecule has 0 saturated heterocycles. The van der Waals surface area contributed by atoms with Gasteiger partial charge < -0.3 is 15.0 Å². The highest BCUT2D eigenvalue weighted by molar-refractivity contribution is 5.79. The minimum absolute atomic E-state index is 0.00849. The van der Waals surface area contributed by atoms with Gasteiger partial charge in [-0.15, -0.1) is 0 Å². The van der Waals surface area contributed by atoms with E-state index in [1.54, 1.807) is 13.1 Å². The average molecular weight is 269 g/mol. The van der Waals surface area contributed by atoms with E-state index in [9.17, 15) is 9.18 Å². The zero-order chi connectivity index (χ0) is 14.4. The number of benzene rings is 1. The highest BCUT2D eigenvalue weighted by Gasteiger charge is 2.23. The molecule has 0 aliphatic heterocycles. The molecule has 5 heteroatoms. The maximum absolute atomic E-state index is 13.6. The van der Waals surface area contributed by atoms with Crippen molar-refractivity contribution in [3.8, 4) is 5.75 Å². The molecule has 0 bridgehead atoms. The molecule has 1 amide bonds. The van der Waals surface area contributed by atoms with Crippen LogP contribution in [0.5, 0.6) is 5.75 Å². The molecule has 1 aromatic carbocycles. The molecule has 0 saturated carbocycles. The minimum Gasteiger partial charge on any atom is -0.494 e. The topological polar surface area (TPSA) is 42.8 Å². The number of methoxy groups -OCH3 is 1. The first kappa shape index (κ1) is 15.4. The van der Waals surface area contributed by atoms with Crippen LogP contribution in [0, 0.1) is 5.82 Å². The summed E-state index contributed by atoms with van der Waals surface area (Å²) in [5, 5.41) is 2.64. The van der Waals surface area contributed by atoms with Crippen molar-refractivity contribution < 1.29 is 18.8 Å². The average Bonchev–Trinajstić information content (AvgIpc) is 2.43. The summed E-state index contributed by atoms with van der Waals surface area (Å²) >= 11 is 0. The number of amides is 1. The predicted octanol–water partition coefficient (Wildman–Crippen LogP) is 0.374. The number of carbonyl (C=O) groups is 1. The Kier molecular flexibility index (Phi) is 5.76. The molecular formula is C14H22FN2O2+. The number of likely N-dealkylation sites (N-methyl/N-ethyl adjacent to an activating group) is 2. The summed E-state index contributed by atoms with van der Waals surface area (Å²) in [5.41, 5.74) is 0.853. The van der Waals surface area contributed by atoms with Crippen molar-refractivity contribution in [2.24, 2.45) is 0 Å². The normalized spacial score (nSPS) is 13.7. The zero-order valence-electron chi connectivity index (χ0n) is 11.9. The Labute approximate surface area is 113 Å². The number of hydrogen-bond acceptors (Lipinski definition) is 2. The second-order valence-corrected chi connectivity index (χ2v) is 4.49. The van der Waals surface area contributed by atoms with E-state index in [2.05, 4.69) is 5.32 Å². The van der Waals surface area contributed by atoms with Crippen LogP contribution >= 0.6 is 0 Å². The van der Waals surface area contributed by atoms with Gasteiger partial charge in [0.1, 0.15) is 6.54 Å². The van der Waals surface area contributed by atoms with E-state index in [1.807, 2.05) is 19.9 Å². The lowest BCUT2D eigenvalue weighted by Gasteiger charge is -2.23. The molecule has 4 nitrogen and oxygen atoms in total. The molecule has 1 aromatic rings. The Hall–Kier alpha value is -1.62. The summed E-state index contributed by atoms with van der Waals surface area (Å²) in [6.07, 6.45) is 0. The second-order valence-electron chi connectivity index (χ2n) is 4.49.